The Hall–Kier alpha value is 0. The highest BCUT2D eigenvalue weighted by Crippen LogP contribution is 2.59. The van der Waals surface area contributed by atoms with Gasteiger partial charge in [-0.2, -0.15) is 0 Å². The molecule has 3 atom stereocenters. The van der Waals surface area contributed by atoms with Crippen LogP contribution >= 0.6 is 0 Å². The van der Waals surface area contributed by atoms with Gasteiger partial charge >= 0.3 is 0 Å². The maximum Gasteiger partial charge on any atom is -0.0266 e. The smallest absolute Gasteiger partial charge is 0.0266 e. The fraction of sp³-hybridized carbons (Fsp3) is 1.00. The van der Waals surface area contributed by atoms with Gasteiger partial charge in [-0.25, -0.2) is 0 Å². The van der Waals surface area contributed by atoms with Gasteiger partial charge < -0.3 is 0 Å². The molecule has 0 bridgehead atoms. The highest BCUT2D eigenvalue weighted by Gasteiger charge is 2.49. The van der Waals surface area contributed by atoms with Crippen LogP contribution in [0.25, 0.3) is 0 Å². The lowest BCUT2D eigenvalue weighted by Crippen LogP contribution is -2.09. The second kappa shape index (κ2) is 4.68. The van der Waals surface area contributed by atoms with Crippen molar-refractivity contribution < 1.29 is 0 Å². The highest BCUT2D eigenvalue weighted by atomic mass is 14.5. The number of hydrogen-bond donors (Lipinski definition) is 0. The summed E-state index contributed by atoms with van der Waals surface area (Å²) in [4.78, 5) is 0. The van der Waals surface area contributed by atoms with Crippen LogP contribution in [-0.2, 0) is 0 Å². The number of rotatable bonds is 6. The third-order valence-corrected chi connectivity index (χ3v) is 4.24. The van der Waals surface area contributed by atoms with E-state index in [2.05, 4.69) is 34.6 Å². The molecule has 0 spiro atoms. The van der Waals surface area contributed by atoms with Crippen molar-refractivity contribution in [3.05, 3.63) is 0 Å². The van der Waals surface area contributed by atoms with Crippen molar-refractivity contribution in [1.82, 2.24) is 0 Å². The lowest BCUT2D eigenvalue weighted by atomic mass is 9.85. The summed E-state index contributed by atoms with van der Waals surface area (Å²) in [5, 5.41) is 0. The molecule has 0 heteroatoms. The molecule has 0 amide bonds. The van der Waals surface area contributed by atoms with Crippen LogP contribution in [0.5, 0.6) is 0 Å². The maximum atomic E-state index is 2.44. The lowest BCUT2D eigenvalue weighted by Gasteiger charge is -2.20. The molecule has 0 aliphatic heterocycles. The van der Waals surface area contributed by atoms with Gasteiger partial charge in [0, 0.05) is 0 Å². The van der Waals surface area contributed by atoms with Crippen LogP contribution in [-0.4, -0.2) is 0 Å². The average molecular weight is 196 g/mol. The first kappa shape index (κ1) is 12.1. The summed E-state index contributed by atoms with van der Waals surface area (Å²) in [5.74, 6) is 2.83. The molecule has 1 saturated carbocycles. The topological polar surface area (TPSA) is 0 Å². The average Bonchev–Trinajstić information content (AvgIpc) is 2.72. The van der Waals surface area contributed by atoms with Gasteiger partial charge in [0.25, 0.3) is 0 Å². The summed E-state index contributed by atoms with van der Waals surface area (Å²) in [6.07, 6.45) is 7.26. The van der Waals surface area contributed by atoms with Gasteiger partial charge in [0.2, 0.25) is 0 Å². The third-order valence-electron chi connectivity index (χ3n) is 4.24. The van der Waals surface area contributed by atoms with Gasteiger partial charge in [-0.05, 0) is 42.4 Å². The molecule has 1 rings (SSSR count). The fourth-order valence-electron chi connectivity index (χ4n) is 2.84. The van der Waals surface area contributed by atoms with E-state index in [1.807, 2.05) is 0 Å². The molecule has 0 nitrogen and oxygen atoms in total. The Kier molecular flexibility index (Phi) is 4.04. The van der Waals surface area contributed by atoms with Gasteiger partial charge in [0.05, 0.1) is 0 Å². The van der Waals surface area contributed by atoms with Crippen molar-refractivity contribution in [3.8, 4) is 0 Å². The summed E-state index contributed by atoms with van der Waals surface area (Å²) < 4.78 is 0. The van der Waals surface area contributed by atoms with Crippen LogP contribution < -0.4 is 0 Å². The fourth-order valence-corrected chi connectivity index (χ4v) is 2.84. The quantitative estimate of drug-likeness (QED) is 0.567. The molecule has 0 aromatic rings. The molecule has 0 saturated heterocycles. The Morgan fingerprint density at radius 3 is 2.21 bits per heavy atom. The van der Waals surface area contributed by atoms with Gasteiger partial charge in [-0.1, -0.05) is 47.5 Å². The Balaban J connectivity index is 2.32. The van der Waals surface area contributed by atoms with E-state index in [4.69, 9.17) is 0 Å². The standard InChI is InChI=1S/C14H28/c1-6-12(4)7-8-14(9-11(2)3)10-13(14)5/h11-13H,6-10H2,1-5H3. The van der Waals surface area contributed by atoms with E-state index < -0.39 is 0 Å². The van der Waals surface area contributed by atoms with Crippen molar-refractivity contribution in [3.63, 3.8) is 0 Å². The molecule has 14 heavy (non-hydrogen) atoms. The minimum Gasteiger partial charge on any atom is -0.0651 e. The first-order chi connectivity index (χ1) is 6.50. The highest BCUT2D eigenvalue weighted by molar-refractivity contribution is 4.99. The SMILES string of the molecule is CCC(C)CCC1(CC(C)C)CC1C. The van der Waals surface area contributed by atoms with Crippen molar-refractivity contribution >= 4 is 0 Å². The van der Waals surface area contributed by atoms with Crippen molar-refractivity contribution in [1.29, 1.82) is 0 Å². The molecule has 1 aliphatic carbocycles. The van der Waals surface area contributed by atoms with E-state index >= 15 is 0 Å². The Morgan fingerprint density at radius 2 is 1.86 bits per heavy atom. The van der Waals surface area contributed by atoms with Crippen LogP contribution in [0.3, 0.4) is 0 Å². The van der Waals surface area contributed by atoms with Crippen molar-refractivity contribution in [2.75, 3.05) is 0 Å². The van der Waals surface area contributed by atoms with E-state index in [0.717, 1.165) is 23.2 Å². The van der Waals surface area contributed by atoms with Crippen LogP contribution in [0.1, 0.15) is 66.7 Å². The van der Waals surface area contributed by atoms with Gasteiger partial charge in [0.1, 0.15) is 0 Å². The van der Waals surface area contributed by atoms with Gasteiger partial charge in [-0.15, -0.1) is 0 Å². The van der Waals surface area contributed by atoms with Crippen molar-refractivity contribution in [2.24, 2.45) is 23.2 Å². The number of hydrogen-bond acceptors (Lipinski definition) is 0. The normalized spacial score (nSPS) is 33.4. The van der Waals surface area contributed by atoms with Crippen molar-refractivity contribution in [2.45, 2.75) is 66.7 Å². The summed E-state index contributed by atoms with van der Waals surface area (Å²) >= 11 is 0. The summed E-state index contributed by atoms with van der Waals surface area (Å²) in [5.41, 5.74) is 0.762. The minimum atomic E-state index is 0.762. The molecule has 0 aromatic heterocycles. The molecule has 0 aromatic carbocycles. The van der Waals surface area contributed by atoms with Crippen LogP contribution in [0.2, 0.25) is 0 Å². The van der Waals surface area contributed by atoms with Crippen LogP contribution in [0, 0.1) is 23.2 Å². The van der Waals surface area contributed by atoms with Crippen LogP contribution in [0.15, 0.2) is 0 Å². The Morgan fingerprint density at radius 1 is 1.29 bits per heavy atom. The molecule has 0 radical (unpaired) electrons. The van der Waals surface area contributed by atoms with E-state index in [9.17, 15) is 0 Å². The van der Waals surface area contributed by atoms with Gasteiger partial charge in [0.15, 0.2) is 0 Å². The zero-order valence-corrected chi connectivity index (χ0v) is 10.8. The monoisotopic (exact) mass is 196 g/mol. The molecule has 3 unspecified atom stereocenters. The predicted octanol–water partition coefficient (Wildman–Crippen LogP) is 4.89. The molecule has 0 heterocycles. The lowest BCUT2D eigenvalue weighted by molar-refractivity contribution is 0.306. The van der Waals surface area contributed by atoms with Gasteiger partial charge in [-0.3, -0.25) is 0 Å². The first-order valence-electron chi connectivity index (χ1n) is 6.50. The maximum absolute atomic E-state index is 2.44. The van der Waals surface area contributed by atoms with E-state index in [0.29, 0.717) is 0 Å². The zero-order valence-electron chi connectivity index (χ0n) is 10.8. The molecule has 0 N–H and O–H groups in total. The Bertz CT molecular complexity index is 171. The molecular weight excluding hydrogens is 168 g/mol. The Labute approximate surface area is 90.5 Å². The van der Waals surface area contributed by atoms with E-state index in [1.165, 1.54) is 32.1 Å². The second-order valence-electron chi connectivity index (χ2n) is 6.12. The first-order valence-corrected chi connectivity index (χ1v) is 6.50. The zero-order chi connectivity index (χ0) is 10.8. The molecular formula is C14H28. The predicted molar refractivity (Wildman–Crippen MR) is 64.4 cm³/mol. The third kappa shape index (κ3) is 3.00. The largest absolute Gasteiger partial charge is 0.0651 e. The summed E-state index contributed by atoms with van der Waals surface area (Å²) in [7, 11) is 0. The molecule has 84 valence electrons. The second-order valence-corrected chi connectivity index (χ2v) is 6.12. The van der Waals surface area contributed by atoms with E-state index in [1.54, 1.807) is 0 Å². The summed E-state index contributed by atoms with van der Waals surface area (Å²) in [6.45, 7) is 11.9. The summed E-state index contributed by atoms with van der Waals surface area (Å²) in [6, 6.07) is 0. The molecule has 1 fully saturated rings. The minimum absolute atomic E-state index is 0.762. The van der Waals surface area contributed by atoms with Crippen LogP contribution in [0.4, 0.5) is 0 Å². The van der Waals surface area contributed by atoms with E-state index in [-0.39, 0.29) is 0 Å². The molecule has 1 aliphatic rings.